The molecule has 3 N–H and O–H groups in total. The molecule has 1 amide bonds. The van der Waals surface area contributed by atoms with Crippen LogP contribution in [-0.2, 0) is 4.74 Å². The maximum atomic E-state index is 13.3. The van der Waals surface area contributed by atoms with Crippen LogP contribution < -0.4 is 11.1 Å². The summed E-state index contributed by atoms with van der Waals surface area (Å²) in [6.07, 6.45) is -4.41. The fraction of sp³-hybridized carbons (Fsp3) is 0.364. The average molecular weight is 280 g/mol. The Labute approximate surface area is 106 Å². The first kappa shape index (κ1) is 15.2. The molecule has 4 nitrogen and oxygen atoms in total. The summed E-state index contributed by atoms with van der Waals surface area (Å²) in [6, 6.07) is 3.52. The lowest BCUT2D eigenvalue weighted by atomic mass is 10.2. The Hall–Kier alpha value is -1.83. The van der Waals surface area contributed by atoms with Gasteiger partial charge in [0, 0.05) is 12.2 Å². The molecular formula is C11H12F4N2O2. The highest BCUT2D eigenvalue weighted by Gasteiger charge is 2.27. The number of amides is 1. The Balaban J connectivity index is 2.36. The first-order valence-electron chi connectivity index (χ1n) is 5.27. The van der Waals surface area contributed by atoms with Gasteiger partial charge in [0.1, 0.15) is 12.4 Å². The molecule has 8 heteroatoms. The zero-order valence-electron chi connectivity index (χ0n) is 9.76. The molecule has 0 atom stereocenters. The number of carbonyl (C=O) groups excluding carboxylic acids is 1. The lowest BCUT2D eigenvalue weighted by Gasteiger charge is -2.09. The highest BCUT2D eigenvalue weighted by molar-refractivity contribution is 5.94. The van der Waals surface area contributed by atoms with Crippen molar-refractivity contribution < 1.29 is 27.1 Å². The molecular weight excluding hydrogens is 268 g/mol. The molecule has 1 aromatic rings. The number of hydrogen-bond acceptors (Lipinski definition) is 3. The molecule has 0 aliphatic carbocycles. The van der Waals surface area contributed by atoms with E-state index < -0.39 is 24.5 Å². The van der Waals surface area contributed by atoms with Crippen LogP contribution in [0.2, 0.25) is 0 Å². The van der Waals surface area contributed by atoms with Crippen molar-refractivity contribution in [3.63, 3.8) is 0 Å². The number of nitrogen functional groups attached to an aromatic ring is 1. The minimum absolute atomic E-state index is 0.154. The van der Waals surface area contributed by atoms with E-state index in [0.29, 0.717) is 0 Å². The maximum Gasteiger partial charge on any atom is 0.411 e. The largest absolute Gasteiger partial charge is 0.411 e. The third kappa shape index (κ3) is 5.56. The quantitative estimate of drug-likeness (QED) is 0.490. The van der Waals surface area contributed by atoms with E-state index in [1.54, 1.807) is 0 Å². The highest BCUT2D eigenvalue weighted by atomic mass is 19.4. The Kier molecular flexibility index (Phi) is 5.11. The van der Waals surface area contributed by atoms with Crippen LogP contribution in [0.1, 0.15) is 10.4 Å². The van der Waals surface area contributed by atoms with E-state index in [4.69, 9.17) is 5.73 Å². The number of ether oxygens (including phenoxy) is 1. The molecule has 0 aliphatic heterocycles. The Morgan fingerprint density at radius 1 is 1.37 bits per heavy atom. The summed E-state index contributed by atoms with van der Waals surface area (Å²) in [6.45, 7) is -1.86. The van der Waals surface area contributed by atoms with Crippen molar-refractivity contribution in [2.75, 3.05) is 25.5 Å². The highest BCUT2D eigenvalue weighted by Crippen LogP contribution is 2.14. The molecule has 0 unspecified atom stereocenters. The van der Waals surface area contributed by atoms with Crippen molar-refractivity contribution in [1.82, 2.24) is 5.32 Å². The first-order valence-corrected chi connectivity index (χ1v) is 5.27. The van der Waals surface area contributed by atoms with Gasteiger partial charge in [0.15, 0.2) is 0 Å². The van der Waals surface area contributed by atoms with Crippen LogP contribution in [0, 0.1) is 5.82 Å². The number of alkyl halides is 3. The van der Waals surface area contributed by atoms with Gasteiger partial charge in [-0.2, -0.15) is 13.2 Å². The molecule has 19 heavy (non-hydrogen) atoms. The summed E-state index contributed by atoms with van der Waals surface area (Å²) in [5, 5.41) is 2.23. The SMILES string of the molecule is Nc1ccc(C(=O)NCCOCC(F)(F)F)c(F)c1. The number of nitrogens with two attached hydrogens (primary N) is 1. The van der Waals surface area contributed by atoms with Gasteiger partial charge in [-0.1, -0.05) is 0 Å². The molecule has 0 aromatic heterocycles. The second-order valence-corrected chi connectivity index (χ2v) is 3.66. The molecule has 106 valence electrons. The first-order chi connectivity index (χ1) is 8.79. The molecule has 0 fully saturated rings. The molecule has 0 aliphatic rings. The van der Waals surface area contributed by atoms with E-state index in [1.807, 2.05) is 0 Å². The summed E-state index contributed by atoms with van der Waals surface area (Å²) in [4.78, 5) is 11.5. The summed E-state index contributed by atoms with van der Waals surface area (Å²) >= 11 is 0. The Bertz CT molecular complexity index is 449. The molecule has 0 saturated heterocycles. The van der Waals surface area contributed by atoms with Crippen LogP contribution in [0.25, 0.3) is 0 Å². The van der Waals surface area contributed by atoms with Gasteiger partial charge in [-0.15, -0.1) is 0 Å². The van der Waals surface area contributed by atoms with Gasteiger partial charge in [0.2, 0.25) is 0 Å². The smallest absolute Gasteiger partial charge is 0.399 e. The normalized spacial score (nSPS) is 11.4. The van der Waals surface area contributed by atoms with E-state index in [0.717, 1.165) is 6.07 Å². The predicted molar refractivity (Wildman–Crippen MR) is 60.0 cm³/mol. The summed E-state index contributed by atoms with van der Waals surface area (Å²) in [7, 11) is 0. The number of hydrogen-bond donors (Lipinski definition) is 2. The predicted octanol–water partition coefficient (Wildman–Crippen LogP) is 1.72. The third-order valence-corrected chi connectivity index (χ3v) is 2.04. The molecule has 0 radical (unpaired) electrons. The zero-order valence-corrected chi connectivity index (χ0v) is 9.76. The van der Waals surface area contributed by atoms with Crippen LogP contribution in [-0.4, -0.2) is 31.8 Å². The number of rotatable bonds is 5. The van der Waals surface area contributed by atoms with Crippen molar-refractivity contribution >= 4 is 11.6 Å². The second-order valence-electron chi connectivity index (χ2n) is 3.66. The van der Waals surface area contributed by atoms with E-state index in [-0.39, 0.29) is 24.4 Å². The van der Waals surface area contributed by atoms with Gasteiger partial charge in [-0.25, -0.2) is 4.39 Å². The second kappa shape index (κ2) is 6.37. The molecule has 1 rings (SSSR count). The van der Waals surface area contributed by atoms with Crippen molar-refractivity contribution in [2.24, 2.45) is 0 Å². The number of carbonyl (C=O) groups is 1. The lowest BCUT2D eigenvalue weighted by Crippen LogP contribution is -2.29. The zero-order chi connectivity index (χ0) is 14.5. The maximum absolute atomic E-state index is 13.3. The van der Waals surface area contributed by atoms with Crippen LogP contribution in [0.4, 0.5) is 23.2 Å². The van der Waals surface area contributed by atoms with E-state index >= 15 is 0 Å². The standard InChI is InChI=1S/C11H12F4N2O2/c12-9-5-7(16)1-2-8(9)10(18)17-3-4-19-6-11(13,14)15/h1-2,5H,3-4,6,16H2,(H,17,18). The molecule has 0 bridgehead atoms. The van der Waals surface area contributed by atoms with Gasteiger partial charge >= 0.3 is 6.18 Å². The van der Waals surface area contributed by atoms with Gasteiger partial charge < -0.3 is 15.8 Å². The molecule has 0 spiro atoms. The van der Waals surface area contributed by atoms with Crippen molar-refractivity contribution in [3.05, 3.63) is 29.6 Å². The fourth-order valence-corrected chi connectivity index (χ4v) is 1.24. The summed E-state index contributed by atoms with van der Waals surface area (Å²) in [5.74, 6) is -1.54. The van der Waals surface area contributed by atoms with Crippen molar-refractivity contribution in [2.45, 2.75) is 6.18 Å². The third-order valence-electron chi connectivity index (χ3n) is 2.04. The monoisotopic (exact) mass is 280 g/mol. The van der Waals surface area contributed by atoms with Gasteiger partial charge in [-0.05, 0) is 18.2 Å². The van der Waals surface area contributed by atoms with E-state index in [2.05, 4.69) is 10.1 Å². The van der Waals surface area contributed by atoms with Crippen molar-refractivity contribution in [1.29, 1.82) is 0 Å². The van der Waals surface area contributed by atoms with Gasteiger partial charge in [-0.3, -0.25) is 4.79 Å². The Morgan fingerprint density at radius 2 is 2.05 bits per heavy atom. The van der Waals surface area contributed by atoms with Gasteiger partial charge in [0.05, 0.1) is 12.2 Å². The fourth-order valence-electron chi connectivity index (χ4n) is 1.24. The average Bonchev–Trinajstić information content (AvgIpc) is 2.26. The van der Waals surface area contributed by atoms with Crippen LogP contribution >= 0.6 is 0 Å². The number of nitrogens with one attached hydrogen (secondary N) is 1. The van der Waals surface area contributed by atoms with E-state index in [1.165, 1.54) is 12.1 Å². The Morgan fingerprint density at radius 3 is 2.63 bits per heavy atom. The van der Waals surface area contributed by atoms with Crippen LogP contribution in [0.5, 0.6) is 0 Å². The van der Waals surface area contributed by atoms with Crippen LogP contribution in [0.15, 0.2) is 18.2 Å². The van der Waals surface area contributed by atoms with Gasteiger partial charge in [0.25, 0.3) is 5.91 Å². The van der Waals surface area contributed by atoms with Crippen LogP contribution in [0.3, 0.4) is 0 Å². The summed E-state index contributed by atoms with van der Waals surface area (Å²) in [5.41, 5.74) is 5.25. The number of halogens is 4. The number of anilines is 1. The minimum Gasteiger partial charge on any atom is -0.399 e. The number of benzene rings is 1. The molecule has 0 heterocycles. The van der Waals surface area contributed by atoms with Crippen molar-refractivity contribution in [3.8, 4) is 0 Å². The minimum atomic E-state index is -4.41. The lowest BCUT2D eigenvalue weighted by molar-refractivity contribution is -0.173. The molecule has 1 aromatic carbocycles. The summed E-state index contributed by atoms with van der Waals surface area (Å²) < 4.78 is 52.8. The topological polar surface area (TPSA) is 64.4 Å². The van der Waals surface area contributed by atoms with E-state index in [9.17, 15) is 22.4 Å². The molecule has 0 saturated carbocycles.